The van der Waals surface area contributed by atoms with Crippen LogP contribution in [0.2, 0.25) is 5.02 Å². The zero-order valence-electron chi connectivity index (χ0n) is 11.4. The molecule has 1 N–H and O–H groups in total. The number of nitrogens with one attached hydrogen (secondary N) is 1. The quantitative estimate of drug-likeness (QED) is 0.788. The van der Waals surface area contributed by atoms with Crippen LogP contribution in [0.3, 0.4) is 0 Å². The van der Waals surface area contributed by atoms with Gasteiger partial charge in [0.1, 0.15) is 0 Å². The Kier molecular flexibility index (Phi) is 4.94. The molecule has 0 fully saturated rings. The second-order valence-corrected chi connectivity index (χ2v) is 5.72. The highest BCUT2D eigenvalue weighted by molar-refractivity contribution is 8.00. The molecule has 2 aromatic carbocycles. The number of hydrogen-bond donors (Lipinski definition) is 1. The lowest BCUT2D eigenvalue weighted by molar-refractivity contribution is 1.13. The van der Waals surface area contributed by atoms with E-state index < -0.39 is 0 Å². The molecule has 0 aromatic heterocycles. The van der Waals surface area contributed by atoms with Gasteiger partial charge >= 0.3 is 0 Å². The van der Waals surface area contributed by atoms with E-state index in [1.54, 1.807) is 12.1 Å². The third-order valence-electron chi connectivity index (χ3n) is 3.03. The maximum absolute atomic E-state index is 8.82. The standard InChI is InChI=1S/C16H15ClN2S/c1-3-12-4-6-15(11(2)8-12)19-20-16-7-5-13(10-18)9-14(16)17/h4-9,19H,3H2,1-2H3. The molecular weight excluding hydrogens is 288 g/mol. The summed E-state index contributed by atoms with van der Waals surface area (Å²) in [6.07, 6.45) is 1.04. The Bertz CT molecular complexity index is 662. The predicted octanol–water partition coefficient (Wildman–Crippen LogP) is 5.20. The summed E-state index contributed by atoms with van der Waals surface area (Å²) in [7, 11) is 0. The normalized spacial score (nSPS) is 10.1. The van der Waals surface area contributed by atoms with Gasteiger partial charge < -0.3 is 4.72 Å². The highest BCUT2D eigenvalue weighted by atomic mass is 35.5. The van der Waals surface area contributed by atoms with Gasteiger partial charge in [0, 0.05) is 10.6 Å². The highest BCUT2D eigenvalue weighted by Gasteiger charge is 2.04. The fraction of sp³-hybridized carbons (Fsp3) is 0.188. The minimum atomic E-state index is 0.572. The number of rotatable bonds is 4. The summed E-state index contributed by atoms with van der Waals surface area (Å²) in [4.78, 5) is 0.907. The maximum Gasteiger partial charge on any atom is 0.0992 e. The molecule has 0 bridgehead atoms. The minimum absolute atomic E-state index is 0.572. The molecule has 0 saturated carbocycles. The van der Waals surface area contributed by atoms with E-state index in [4.69, 9.17) is 16.9 Å². The van der Waals surface area contributed by atoms with Gasteiger partial charge in [0.25, 0.3) is 0 Å². The average Bonchev–Trinajstić information content (AvgIpc) is 2.46. The first-order chi connectivity index (χ1) is 9.63. The molecule has 0 aliphatic heterocycles. The monoisotopic (exact) mass is 302 g/mol. The molecule has 20 heavy (non-hydrogen) atoms. The van der Waals surface area contributed by atoms with Gasteiger partial charge in [0.05, 0.1) is 16.7 Å². The summed E-state index contributed by atoms with van der Waals surface area (Å²) in [5, 5.41) is 9.40. The van der Waals surface area contributed by atoms with Gasteiger partial charge in [-0.3, -0.25) is 0 Å². The number of nitriles is 1. The van der Waals surface area contributed by atoms with E-state index in [1.165, 1.54) is 23.1 Å². The van der Waals surface area contributed by atoms with Gasteiger partial charge in [-0.1, -0.05) is 30.7 Å². The van der Waals surface area contributed by atoms with Crippen LogP contribution in [0.25, 0.3) is 0 Å². The molecule has 4 heteroatoms. The Balaban J connectivity index is 2.11. The molecule has 0 unspecified atom stereocenters. The number of benzene rings is 2. The van der Waals surface area contributed by atoms with Crippen molar-refractivity contribution in [1.82, 2.24) is 0 Å². The van der Waals surface area contributed by atoms with Crippen molar-refractivity contribution in [3.8, 4) is 6.07 Å². The molecule has 0 aliphatic carbocycles. The van der Waals surface area contributed by atoms with E-state index >= 15 is 0 Å². The molecule has 2 rings (SSSR count). The first-order valence-electron chi connectivity index (χ1n) is 6.36. The molecule has 0 aliphatic rings. The molecule has 2 nitrogen and oxygen atoms in total. The molecule has 0 saturated heterocycles. The summed E-state index contributed by atoms with van der Waals surface area (Å²) < 4.78 is 3.31. The third-order valence-corrected chi connectivity index (χ3v) is 4.35. The first kappa shape index (κ1) is 14.8. The van der Waals surface area contributed by atoms with Gasteiger partial charge in [-0.2, -0.15) is 5.26 Å². The third kappa shape index (κ3) is 3.47. The Labute approximate surface area is 128 Å². The van der Waals surface area contributed by atoms with Gasteiger partial charge in [-0.05, 0) is 60.7 Å². The van der Waals surface area contributed by atoms with E-state index in [0.717, 1.165) is 17.0 Å². The smallest absolute Gasteiger partial charge is 0.0992 e. The average molecular weight is 303 g/mol. The second kappa shape index (κ2) is 6.69. The van der Waals surface area contributed by atoms with Crippen LogP contribution in [0.4, 0.5) is 5.69 Å². The highest BCUT2D eigenvalue weighted by Crippen LogP contribution is 2.30. The number of anilines is 1. The van der Waals surface area contributed by atoms with Crippen molar-refractivity contribution in [2.75, 3.05) is 4.72 Å². The molecule has 0 amide bonds. The van der Waals surface area contributed by atoms with Crippen molar-refractivity contribution in [2.24, 2.45) is 0 Å². The van der Waals surface area contributed by atoms with Gasteiger partial charge in [-0.15, -0.1) is 0 Å². The van der Waals surface area contributed by atoms with Gasteiger partial charge in [0.2, 0.25) is 0 Å². The van der Waals surface area contributed by atoms with Gasteiger partial charge in [0.15, 0.2) is 0 Å². The number of halogens is 1. The van der Waals surface area contributed by atoms with Crippen molar-refractivity contribution < 1.29 is 0 Å². The number of hydrogen-bond acceptors (Lipinski definition) is 3. The van der Waals surface area contributed by atoms with Crippen molar-refractivity contribution in [1.29, 1.82) is 5.26 Å². The van der Waals surface area contributed by atoms with Crippen molar-refractivity contribution in [3.05, 3.63) is 58.1 Å². The molecule has 0 radical (unpaired) electrons. The van der Waals surface area contributed by atoms with Crippen LogP contribution >= 0.6 is 23.5 Å². The Morgan fingerprint density at radius 3 is 2.65 bits per heavy atom. The van der Waals surface area contributed by atoms with E-state index in [2.05, 4.69) is 42.8 Å². The Hall–Kier alpha value is -1.63. The van der Waals surface area contributed by atoms with Crippen molar-refractivity contribution in [2.45, 2.75) is 25.2 Å². The summed E-state index contributed by atoms with van der Waals surface area (Å²) in [6.45, 7) is 4.23. The van der Waals surface area contributed by atoms with Crippen LogP contribution < -0.4 is 4.72 Å². The summed E-state index contributed by atoms with van der Waals surface area (Å²) in [5.41, 5.74) is 4.19. The number of nitrogens with zero attached hydrogens (tertiary/aromatic N) is 1. The summed E-state index contributed by atoms with van der Waals surface area (Å²) in [6, 6.07) is 13.8. The summed E-state index contributed by atoms with van der Waals surface area (Å²) >= 11 is 7.61. The lowest BCUT2D eigenvalue weighted by Crippen LogP contribution is -1.92. The minimum Gasteiger partial charge on any atom is -0.325 e. The zero-order chi connectivity index (χ0) is 14.5. The first-order valence-corrected chi connectivity index (χ1v) is 7.55. The SMILES string of the molecule is CCc1ccc(NSc2ccc(C#N)cc2Cl)c(C)c1. The summed E-state index contributed by atoms with van der Waals surface area (Å²) in [5.74, 6) is 0. The lowest BCUT2D eigenvalue weighted by Gasteiger charge is -2.11. The van der Waals surface area contributed by atoms with E-state index in [0.29, 0.717) is 10.6 Å². The van der Waals surface area contributed by atoms with Crippen LogP contribution in [-0.2, 0) is 6.42 Å². The lowest BCUT2D eigenvalue weighted by atomic mass is 10.1. The van der Waals surface area contributed by atoms with Crippen molar-refractivity contribution >= 4 is 29.2 Å². The topological polar surface area (TPSA) is 35.8 Å². The van der Waals surface area contributed by atoms with Crippen LogP contribution in [0.15, 0.2) is 41.3 Å². The van der Waals surface area contributed by atoms with Crippen LogP contribution in [0.5, 0.6) is 0 Å². The zero-order valence-corrected chi connectivity index (χ0v) is 13.0. The number of aryl methyl sites for hydroxylation is 2. The van der Waals surface area contributed by atoms with Crippen LogP contribution in [-0.4, -0.2) is 0 Å². The fourth-order valence-electron chi connectivity index (χ4n) is 1.82. The van der Waals surface area contributed by atoms with Crippen LogP contribution in [0.1, 0.15) is 23.6 Å². The Morgan fingerprint density at radius 2 is 2.05 bits per heavy atom. The van der Waals surface area contributed by atoms with E-state index in [-0.39, 0.29) is 0 Å². The van der Waals surface area contributed by atoms with Gasteiger partial charge in [-0.25, -0.2) is 0 Å². The molecule has 0 atom stereocenters. The largest absolute Gasteiger partial charge is 0.325 e. The molecule has 0 spiro atoms. The predicted molar refractivity (Wildman–Crippen MR) is 86.2 cm³/mol. The molecule has 0 heterocycles. The second-order valence-electron chi connectivity index (χ2n) is 4.46. The Morgan fingerprint density at radius 1 is 1.25 bits per heavy atom. The fourth-order valence-corrected chi connectivity index (χ4v) is 2.86. The van der Waals surface area contributed by atoms with Crippen LogP contribution in [0, 0.1) is 18.3 Å². The molecule has 102 valence electrons. The molecule has 2 aromatic rings. The molecular formula is C16H15ClN2S. The van der Waals surface area contributed by atoms with Crippen molar-refractivity contribution in [3.63, 3.8) is 0 Å². The van der Waals surface area contributed by atoms with E-state index in [1.807, 2.05) is 6.07 Å². The van der Waals surface area contributed by atoms with E-state index in [9.17, 15) is 0 Å². The maximum atomic E-state index is 8.82.